The Morgan fingerprint density at radius 3 is 2.62 bits per heavy atom. The first-order valence-electron chi connectivity index (χ1n) is 7.43. The van der Waals surface area contributed by atoms with Crippen LogP contribution in [-0.4, -0.2) is 41.2 Å². The lowest BCUT2D eigenvalue weighted by Gasteiger charge is -2.26. The molecule has 1 N–H and O–H groups in total. The van der Waals surface area contributed by atoms with Gasteiger partial charge in [0.1, 0.15) is 5.76 Å². The maximum atomic E-state index is 5.24. The smallest absolute Gasteiger partial charge is 0.137 e. The standard InChI is InChI=1S/C15H22N4OS/c1-10-13(12(3)20-18-10)8-15-17-11(2)14(21-15)9-19-6-4-16-5-7-19/h16H,4-9H2,1-3H3. The van der Waals surface area contributed by atoms with Gasteiger partial charge in [-0.2, -0.15) is 0 Å². The number of rotatable bonds is 4. The molecule has 114 valence electrons. The van der Waals surface area contributed by atoms with Crippen LogP contribution in [0.25, 0.3) is 0 Å². The molecular formula is C15H22N4OS. The van der Waals surface area contributed by atoms with Gasteiger partial charge in [0.25, 0.3) is 0 Å². The van der Waals surface area contributed by atoms with Gasteiger partial charge in [-0.3, -0.25) is 4.90 Å². The number of aromatic nitrogens is 2. The fourth-order valence-corrected chi connectivity index (χ4v) is 3.81. The number of nitrogens with zero attached hydrogens (tertiary/aromatic N) is 3. The van der Waals surface area contributed by atoms with Gasteiger partial charge >= 0.3 is 0 Å². The maximum Gasteiger partial charge on any atom is 0.137 e. The van der Waals surface area contributed by atoms with Crippen LogP contribution in [-0.2, 0) is 13.0 Å². The zero-order valence-electron chi connectivity index (χ0n) is 12.9. The van der Waals surface area contributed by atoms with E-state index < -0.39 is 0 Å². The number of aryl methyl sites for hydroxylation is 3. The molecule has 0 spiro atoms. The zero-order chi connectivity index (χ0) is 14.8. The second kappa shape index (κ2) is 6.25. The third kappa shape index (κ3) is 3.33. The summed E-state index contributed by atoms with van der Waals surface area (Å²) < 4.78 is 5.24. The molecule has 1 fully saturated rings. The van der Waals surface area contributed by atoms with Gasteiger partial charge in [-0.1, -0.05) is 5.16 Å². The highest BCUT2D eigenvalue weighted by Crippen LogP contribution is 2.24. The van der Waals surface area contributed by atoms with E-state index in [0.29, 0.717) is 0 Å². The summed E-state index contributed by atoms with van der Waals surface area (Å²) in [5, 5.41) is 8.57. The normalized spacial score (nSPS) is 16.5. The third-order valence-corrected chi connectivity index (χ3v) is 5.17. The topological polar surface area (TPSA) is 54.2 Å². The van der Waals surface area contributed by atoms with E-state index in [9.17, 15) is 0 Å². The minimum atomic E-state index is 0.828. The van der Waals surface area contributed by atoms with E-state index in [-0.39, 0.29) is 0 Å². The number of piperazine rings is 1. The molecule has 0 atom stereocenters. The molecule has 3 heterocycles. The SMILES string of the molecule is Cc1nc(Cc2c(C)noc2C)sc1CN1CCNCC1. The first-order chi connectivity index (χ1) is 10.1. The quantitative estimate of drug-likeness (QED) is 0.937. The molecule has 1 saturated heterocycles. The molecule has 1 aliphatic heterocycles. The first kappa shape index (κ1) is 14.7. The molecule has 0 saturated carbocycles. The summed E-state index contributed by atoms with van der Waals surface area (Å²) >= 11 is 1.83. The molecule has 0 unspecified atom stereocenters. The van der Waals surface area contributed by atoms with Gasteiger partial charge in [0, 0.05) is 49.6 Å². The van der Waals surface area contributed by atoms with E-state index >= 15 is 0 Å². The van der Waals surface area contributed by atoms with E-state index in [1.54, 1.807) is 0 Å². The van der Waals surface area contributed by atoms with E-state index in [1.165, 1.54) is 16.1 Å². The largest absolute Gasteiger partial charge is 0.361 e. The molecule has 5 nitrogen and oxygen atoms in total. The average Bonchev–Trinajstić information content (AvgIpc) is 2.97. The molecular weight excluding hydrogens is 284 g/mol. The monoisotopic (exact) mass is 306 g/mol. The number of hydrogen-bond donors (Lipinski definition) is 1. The van der Waals surface area contributed by atoms with Crippen LogP contribution in [0, 0.1) is 20.8 Å². The van der Waals surface area contributed by atoms with Gasteiger partial charge in [-0.25, -0.2) is 4.98 Å². The van der Waals surface area contributed by atoms with Gasteiger partial charge < -0.3 is 9.84 Å². The summed E-state index contributed by atoms with van der Waals surface area (Å²) in [7, 11) is 0. The average molecular weight is 306 g/mol. The molecule has 3 rings (SSSR count). The Bertz CT molecular complexity index is 594. The third-order valence-electron chi connectivity index (χ3n) is 4.02. The molecule has 1 aliphatic rings. The van der Waals surface area contributed by atoms with Crippen LogP contribution in [0.3, 0.4) is 0 Å². The van der Waals surface area contributed by atoms with Crippen molar-refractivity contribution in [1.82, 2.24) is 20.4 Å². The Hall–Kier alpha value is -1.24. The molecule has 2 aromatic rings. The highest BCUT2D eigenvalue weighted by molar-refractivity contribution is 7.11. The van der Waals surface area contributed by atoms with Crippen LogP contribution in [0.4, 0.5) is 0 Å². The fourth-order valence-electron chi connectivity index (χ4n) is 2.69. The summed E-state index contributed by atoms with van der Waals surface area (Å²) in [6.07, 6.45) is 0.828. The lowest BCUT2D eigenvalue weighted by Crippen LogP contribution is -2.42. The lowest BCUT2D eigenvalue weighted by atomic mass is 10.1. The van der Waals surface area contributed by atoms with Crippen molar-refractivity contribution in [3.05, 3.63) is 32.6 Å². The van der Waals surface area contributed by atoms with Gasteiger partial charge in [0.2, 0.25) is 0 Å². The number of thiazole rings is 1. The van der Waals surface area contributed by atoms with Crippen molar-refractivity contribution in [3.8, 4) is 0 Å². The second-order valence-corrected chi connectivity index (χ2v) is 6.79. The van der Waals surface area contributed by atoms with Crippen molar-refractivity contribution in [1.29, 1.82) is 0 Å². The summed E-state index contributed by atoms with van der Waals surface area (Å²) in [6.45, 7) is 11.5. The Morgan fingerprint density at radius 1 is 1.19 bits per heavy atom. The molecule has 0 aromatic carbocycles. The van der Waals surface area contributed by atoms with E-state index in [2.05, 4.69) is 22.3 Å². The van der Waals surface area contributed by atoms with Crippen LogP contribution in [0.5, 0.6) is 0 Å². The van der Waals surface area contributed by atoms with Crippen molar-refractivity contribution >= 4 is 11.3 Å². The zero-order valence-corrected chi connectivity index (χ0v) is 13.7. The van der Waals surface area contributed by atoms with Crippen molar-refractivity contribution in [2.45, 2.75) is 33.7 Å². The van der Waals surface area contributed by atoms with E-state index in [4.69, 9.17) is 9.51 Å². The maximum absolute atomic E-state index is 5.24. The highest BCUT2D eigenvalue weighted by atomic mass is 32.1. The van der Waals surface area contributed by atoms with Crippen LogP contribution in [0.2, 0.25) is 0 Å². The molecule has 0 bridgehead atoms. The molecule has 0 radical (unpaired) electrons. The Kier molecular flexibility index (Phi) is 4.37. The number of nitrogens with one attached hydrogen (secondary N) is 1. The van der Waals surface area contributed by atoms with Crippen molar-refractivity contribution in [2.75, 3.05) is 26.2 Å². The minimum Gasteiger partial charge on any atom is -0.361 e. The summed E-state index contributed by atoms with van der Waals surface area (Å²) in [5.74, 6) is 0.906. The molecule has 6 heteroatoms. The molecule has 0 aliphatic carbocycles. The van der Waals surface area contributed by atoms with Crippen molar-refractivity contribution in [2.24, 2.45) is 0 Å². The lowest BCUT2D eigenvalue weighted by molar-refractivity contribution is 0.234. The van der Waals surface area contributed by atoms with Crippen LogP contribution >= 0.6 is 11.3 Å². The summed E-state index contributed by atoms with van der Waals surface area (Å²) in [4.78, 5) is 8.62. The first-order valence-corrected chi connectivity index (χ1v) is 8.25. The van der Waals surface area contributed by atoms with Crippen LogP contribution < -0.4 is 5.32 Å². The van der Waals surface area contributed by atoms with E-state index in [1.807, 2.05) is 25.2 Å². The second-order valence-electron chi connectivity index (χ2n) is 5.62. The minimum absolute atomic E-state index is 0.828. The van der Waals surface area contributed by atoms with Gasteiger partial charge in [0.05, 0.1) is 16.4 Å². The Balaban J connectivity index is 1.72. The van der Waals surface area contributed by atoms with E-state index in [0.717, 1.165) is 55.6 Å². The van der Waals surface area contributed by atoms with Gasteiger partial charge in [0.15, 0.2) is 0 Å². The van der Waals surface area contributed by atoms with Gasteiger partial charge in [-0.05, 0) is 20.8 Å². The van der Waals surface area contributed by atoms with Crippen LogP contribution in [0.15, 0.2) is 4.52 Å². The predicted octanol–water partition coefficient (Wildman–Crippen LogP) is 2.05. The Morgan fingerprint density at radius 2 is 1.95 bits per heavy atom. The summed E-state index contributed by atoms with van der Waals surface area (Å²) in [5.41, 5.74) is 3.32. The van der Waals surface area contributed by atoms with Crippen molar-refractivity contribution < 1.29 is 4.52 Å². The summed E-state index contributed by atoms with van der Waals surface area (Å²) in [6, 6.07) is 0. The molecule has 0 amide bonds. The van der Waals surface area contributed by atoms with Crippen LogP contribution in [0.1, 0.15) is 32.6 Å². The molecule has 2 aromatic heterocycles. The predicted molar refractivity (Wildman–Crippen MR) is 83.8 cm³/mol. The highest BCUT2D eigenvalue weighted by Gasteiger charge is 2.16. The number of hydrogen-bond acceptors (Lipinski definition) is 6. The van der Waals surface area contributed by atoms with Gasteiger partial charge in [-0.15, -0.1) is 11.3 Å². The fraction of sp³-hybridized carbons (Fsp3) is 0.600. The molecule has 21 heavy (non-hydrogen) atoms. The van der Waals surface area contributed by atoms with Crippen molar-refractivity contribution in [3.63, 3.8) is 0 Å². The Labute approximate surface area is 129 Å².